The molecule has 0 aromatic heterocycles. The third-order valence-electron chi connectivity index (χ3n) is 4.94. The van der Waals surface area contributed by atoms with Crippen LogP contribution in [0.3, 0.4) is 0 Å². The van der Waals surface area contributed by atoms with Gasteiger partial charge in [0, 0.05) is 6.04 Å². The van der Waals surface area contributed by atoms with Crippen molar-refractivity contribution in [3.05, 3.63) is 24.3 Å². The Morgan fingerprint density at radius 1 is 1.15 bits per heavy atom. The molecule has 1 aromatic carbocycles. The van der Waals surface area contributed by atoms with Crippen molar-refractivity contribution in [1.82, 2.24) is 5.32 Å². The van der Waals surface area contributed by atoms with E-state index in [-0.39, 0.29) is 11.9 Å². The minimum absolute atomic E-state index is 0.127. The fourth-order valence-corrected chi connectivity index (χ4v) is 4.76. The molecule has 27 heavy (non-hydrogen) atoms. The highest BCUT2D eigenvalue weighted by atomic mass is 32.2. The number of sulfonamides is 1. The van der Waals surface area contributed by atoms with Gasteiger partial charge in [-0.25, -0.2) is 8.42 Å². The molecular weight excluding hydrogens is 364 g/mol. The number of hydrogen-bond donors (Lipinski definition) is 1. The molecular formula is C20H32N2O4S. The number of hydrogen-bond acceptors (Lipinski definition) is 4. The molecule has 1 aliphatic carbocycles. The van der Waals surface area contributed by atoms with Gasteiger partial charge in [-0.1, -0.05) is 32.1 Å². The third-order valence-corrected chi connectivity index (χ3v) is 6.18. The van der Waals surface area contributed by atoms with E-state index < -0.39 is 16.1 Å². The van der Waals surface area contributed by atoms with Crippen LogP contribution in [0.1, 0.15) is 58.8 Å². The lowest BCUT2D eigenvalue weighted by molar-refractivity contribution is -0.122. The average molecular weight is 397 g/mol. The van der Waals surface area contributed by atoms with Crippen molar-refractivity contribution in [2.24, 2.45) is 0 Å². The molecule has 0 bridgehead atoms. The summed E-state index contributed by atoms with van der Waals surface area (Å²) in [5, 5.41) is 3.07. The Morgan fingerprint density at radius 3 is 2.22 bits per heavy atom. The summed E-state index contributed by atoms with van der Waals surface area (Å²) in [6.45, 7) is 4.06. The standard InChI is InChI=1S/C20H32N2O4S/c1-4-26-19-14-12-18(13-15-19)22(27(3,24)25)16(2)20(23)21-17-10-8-6-5-7-9-11-17/h12-17H,4-11H2,1-3H3,(H,21,23)/t16-/m0/s1. The molecule has 1 aliphatic rings. The Hall–Kier alpha value is -1.76. The molecule has 1 fully saturated rings. The zero-order valence-electron chi connectivity index (χ0n) is 16.6. The Bertz CT molecular complexity index is 695. The second-order valence-electron chi connectivity index (χ2n) is 7.21. The molecule has 0 saturated heterocycles. The van der Waals surface area contributed by atoms with Crippen LogP contribution in [0, 0.1) is 0 Å². The topological polar surface area (TPSA) is 75.7 Å². The van der Waals surface area contributed by atoms with Crippen molar-refractivity contribution < 1.29 is 17.9 Å². The lowest BCUT2D eigenvalue weighted by Crippen LogP contribution is -2.50. The zero-order chi connectivity index (χ0) is 19.9. The number of benzene rings is 1. The largest absolute Gasteiger partial charge is 0.494 e. The van der Waals surface area contributed by atoms with Gasteiger partial charge in [0.05, 0.1) is 18.6 Å². The van der Waals surface area contributed by atoms with Crippen molar-refractivity contribution in [3.8, 4) is 5.75 Å². The molecule has 1 amide bonds. The molecule has 0 unspecified atom stereocenters. The number of rotatable bonds is 7. The first-order valence-corrected chi connectivity index (χ1v) is 11.7. The molecule has 7 heteroatoms. The SMILES string of the molecule is CCOc1ccc(N([C@@H](C)C(=O)NC2CCCCCCC2)S(C)(=O)=O)cc1. The number of carbonyl (C=O) groups excluding carboxylic acids is 1. The first kappa shape index (κ1) is 21.5. The van der Waals surface area contributed by atoms with E-state index in [0.29, 0.717) is 18.0 Å². The van der Waals surface area contributed by atoms with E-state index in [0.717, 1.165) is 31.9 Å². The first-order chi connectivity index (χ1) is 12.8. The molecule has 0 heterocycles. The van der Waals surface area contributed by atoms with Crippen molar-refractivity contribution in [3.63, 3.8) is 0 Å². The normalized spacial score (nSPS) is 17.4. The summed E-state index contributed by atoms with van der Waals surface area (Å²) in [5.74, 6) is 0.418. The van der Waals surface area contributed by atoms with Gasteiger partial charge in [0.25, 0.3) is 0 Å². The molecule has 1 atom stereocenters. The third kappa shape index (κ3) is 6.41. The fraction of sp³-hybridized carbons (Fsp3) is 0.650. The summed E-state index contributed by atoms with van der Waals surface area (Å²) < 4.78 is 31.4. The summed E-state index contributed by atoms with van der Waals surface area (Å²) in [6.07, 6.45) is 8.91. The zero-order valence-corrected chi connectivity index (χ0v) is 17.4. The number of ether oxygens (including phenoxy) is 1. The predicted octanol–water partition coefficient (Wildman–Crippen LogP) is 3.47. The van der Waals surface area contributed by atoms with Crippen LogP contribution in [0.4, 0.5) is 5.69 Å². The van der Waals surface area contributed by atoms with Gasteiger partial charge < -0.3 is 10.1 Å². The summed E-state index contributed by atoms with van der Waals surface area (Å²) in [6, 6.07) is 6.09. The number of anilines is 1. The summed E-state index contributed by atoms with van der Waals surface area (Å²) in [7, 11) is -3.61. The van der Waals surface area contributed by atoms with Gasteiger partial charge in [0.2, 0.25) is 15.9 Å². The van der Waals surface area contributed by atoms with Crippen LogP contribution in [-0.2, 0) is 14.8 Å². The van der Waals surface area contributed by atoms with Crippen LogP contribution in [-0.4, -0.2) is 39.3 Å². The lowest BCUT2D eigenvalue weighted by Gasteiger charge is -2.30. The van der Waals surface area contributed by atoms with Gasteiger partial charge in [-0.05, 0) is 51.0 Å². The van der Waals surface area contributed by atoms with Crippen LogP contribution < -0.4 is 14.4 Å². The van der Waals surface area contributed by atoms with Gasteiger partial charge in [0.15, 0.2) is 0 Å². The second kappa shape index (κ2) is 9.97. The van der Waals surface area contributed by atoms with E-state index in [1.165, 1.54) is 23.6 Å². The van der Waals surface area contributed by atoms with Gasteiger partial charge in [-0.15, -0.1) is 0 Å². The van der Waals surface area contributed by atoms with Crippen LogP contribution in [0.25, 0.3) is 0 Å². The van der Waals surface area contributed by atoms with E-state index >= 15 is 0 Å². The monoisotopic (exact) mass is 396 g/mol. The number of nitrogens with zero attached hydrogens (tertiary/aromatic N) is 1. The van der Waals surface area contributed by atoms with E-state index in [9.17, 15) is 13.2 Å². The van der Waals surface area contributed by atoms with Crippen LogP contribution in [0.2, 0.25) is 0 Å². The van der Waals surface area contributed by atoms with E-state index in [4.69, 9.17) is 4.74 Å². The summed E-state index contributed by atoms with van der Waals surface area (Å²) in [5.41, 5.74) is 0.460. The lowest BCUT2D eigenvalue weighted by atomic mass is 9.96. The highest BCUT2D eigenvalue weighted by Gasteiger charge is 2.30. The van der Waals surface area contributed by atoms with Crippen LogP contribution in [0.15, 0.2) is 24.3 Å². The minimum atomic E-state index is -3.61. The smallest absolute Gasteiger partial charge is 0.243 e. The molecule has 1 N–H and O–H groups in total. The quantitative estimate of drug-likeness (QED) is 0.766. The van der Waals surface area contributed by atoms with E-state index in [2.05, 4.69) is 5.32 Å². The van der Waals surface area contributed by atoms with Crippen molar-refractivity contribution in [2.45, 2.75) is 70.9 Å². The van der Waals surface area contributed by atoms with Crippen LogP contribution in [0.5, 0.6) is 5.75 Å². The van der Waals surface area contributed by atoms with Crippen molar-refractivity contribution >= 4 is 21.6 Å². The second-order valence-corrected chi connectivity index (χ2v) is 9.07. The molecule has 0 spiro atoms. The predicted molar refractivity (Wildman–Crippen MR) is 109 cm³/mol. The maximum Gasteiger partial charge on any atom is 0.243 e. The van der Waals surface area contributed by atoms with Crippen LogP contribution >= 0.6 is 0 Å². The van der Waals surface area contributed by atoms with Crippen molar-refractivity contribution in [2.75, 3.05) is 17.2 Å². The molecule has 152 valence electrons. The van der Waals surface area contributed by atoms with Gasteiger partial charge in [-0.2, -0.15) is 0 Å². The highest BCUT2D eigenvalue weighted by Crippen LogP contribution is 2.24. The summed E-state index contributed by atoms with van der Waals surface area (Å²) in [4.78, 5) is 12.8. The highest BCUT2D eigenvalue weighted by molar-refractivity contribution is 7.92. The Balaban J connectivity index is 2.13. The van der Waals surface area contributed by atoms with Crippen molar-refractivity contribution in [1.29, 1.82) is 0 Å². The number of nitrogens with one attached hydrogen (secondary N) is 1. The van der Waals surface area contributed by atoms with Gasteiger partial charge in [-0.3, -0.25) is 9.10 Å². The van der Waals surface area contributed by atoms with Gasteiger partial charge >= 0.3 is 0 Å². The molecule has 0 aliphatic heterocycles. The fourth-order valence-electron chi connectivity index (χ4n) is 3.59. The average Bonchev–Trinajstić information content (AvgIpc) is 2.57. The Kier molecular flexibility index (Phi) is 7.95. The molecule has 1 aromatic rings. The summed E-state index contributed by atoms with van der Waals surface area (Å²) >= 11 is 0. The Labute approximate surface area is 163 Å². The number of carbonyl (C=O) groups is 1. The number of amides is 1. The minimum Gasteiger partial charge on any atom is -0.494 e. The molecule has 2 rings (SSSR count). The molecule has 0 radical (unpaired) electrons. The van der Waals surface area contributed by atoms with E-state index in [1.54, 1.807) is 31.2 Å². The first-order valence-electron chi connectivity index (χ1n) is 9.85. The van der Waals surface area contributed by atoms with E-state index in [1.807, 2.05) is 6.92 Å². The Morgan fingerprint density at radius 2 is 1.70 bits per heavy atom. The van der Waals surface area contributed by atoms with Gasteiger partial charge in [0.1, 0.15) is 11.8 Å². The molecule has 1 saturated carbocycles. The molecule has 6 nitrogen and oxygen atoms in total. The maximum absolute atomic E-state index is 12.8. The maximum atomic E-state index is 12.8.